The van der Waals surface area contributed by atoms with Gasteiger partial charge in [-0.1, -0.05) is 18.2 Å². The Balaban J connectivity index is 2.50. The summed E-state index contributed by atoms with van der Waals surface area (Å²) in [6.45, 7) is 6.70. The van der Waals surface area contributed by atoms with Crippen LogP contribution in [-0.4, -0.2) is 0 Å². The van der Waals surface area contributed by atoms with Crippen molar-refractivity contribution in [2.45, 2.75) is 46.5 Å². The van der Waals surface area contributed by atoms with E-state index in [-0.39, 0.29) is 0 Å². The van der Waals surface area contributed by atoms with E-state index in [2.05, 4.69) is 39.0 Å². The third-order valence-electron chi connectivity index (χ3n) is 3.56. The van der Waals surface area contributed by atoms with Gasteiger partial charge in [-0.25, -0.2) is 0 Å². The molecule has 0 aromatic heterocycles. The fourth-order valence-corrected chi connectivity index (χ4v) is 2.51. The third kappa shape index (κ3) is 1.99. The van der Waals surface area contributed by atoms with Gasteiger partial charge in [0.25, 0.3) is 0 Å². The van der Waals surface area contributed by atoms with Crippen LogP contribution >= 0.6 is 0 Å². The Morgan fingerprint density at radius 1 is 0.933 bits per heavy atom. The van der Waals surface area contributed by atoms with Gasteiger partial charge in [-0.2, -0.15) is 0 Å². The second-order valence-corrected chi connectivity index (χ2v) is 4.67. The molecule has 1 aliphatic rings. The number of aryl methyl sites for hydroxylation is 2. The number of hydrogen-bond donors (Lipinski definition) is 0. The monoisotopic (exact) mass is 200 g/mol. The van der Waals surface area contributed by atoms with Gasteiger partial charge in [-0.3, -0.25) is 0 Å². The van der Waals surface area contributed by atoms with Gasteiger partial charge in [0.15, 0.2) is 0 Å². The first kappa shape index (κ1) is 10.5. The van der Waals surface area contributed by atoms with Crippen LogP contribution in [0.2, 0.25) is 0 Å². The van der Waals surface area contributed by atoms with Crippen LogP contribution in [-0.2, 0) is 0 Å². The van der Waals surface area contributed by atoms with E-state index in [1.807, 2.05) is 0 Å². The van der Waals surface area contributed by atoms with E-state index in [0.29, 0.717) is 0 Å². The smallest absolute Gasteiger partial charge is 0.0166 e. The van der Waals surface area contributed by atoms with E-state index in [0.717, 1.165) is 0 Å². The van der Waals surface area contributed by atoms with Crippen molar-refractivity contribution in [2.24, 2.45) is 0 Å². The molecule has 0 atom stereocenters. The predicted octanol–water partition coefficient (Wildman–Crippen LogP) is 4.57. The predicted molar refractivity (Wildman–Crippen MR) is 67.1 cm³/mol. The van der Waals surface area contributed by atoms with Crippen LogP contribution in [0.1, 0.15) is 47.9 Å². The van der Waals surface area contributed by atoms with Crippen molar-refractivity contribution in [3.8, 4) is 0 Å². The van der Waals surface area contributed by atoms with E-state index in [9.17, 15) is 0 Å². The Hall–Kier alpha value is -1.04. The summed E-state index contributed by atoms with van der Waals surface area (Å²) >= 11 is 0. The fraction of sp³-hybridized carbons (Fsp3) is 0.467. The van der Waals surface area contributed by atoms with Gasteiger partial charge in [0.05, 0.1) is 0 Å². The van der Waals surface area contributed by atoms with E-state index in [1.54, 1.807) is 5.57 Å². The van der Waals surface area contributed by atoms with Crippen molar-refractivity contribution in [2.75, 3.05) is 0 Å². The fourth-order valence-electron chi connectivity index (χ4n) is 2.51. The molecule has 0 bridgehead atoms. The lowest BCUT2D eigenvalue weighted by Crippen LogP contribution is -1.99. The van der Waals surface area contributed by atoms with E-state index in [1.165, 1.54) is 47.9 Å². The largest absolute Gasteiger partial charge is 0.0807 e. The maximum atomic E-state index is 2.44. The first-order valence-electron chi connectivity index (χ1n) is 5.96. The number of hydrogen-bond acceptors (Lipinski definition) is 0. The van der Waals surface area contributed by atoms with Crippen LogP contribution in [0, 0.1) is 20.8 Å². The molecule has 0 saturated heterocycles. The third-order valence-corrected chi connectivity index (χ3v) is 3.56. The molecule has 1 aromatic carbocycles. The summed E-state index contributed by atoms with van der Waals surface area (Å²) in [5, 5.41) is 0. The SMILES string of the molecule is Cc1ccc(C)c(C2=CCCCC2)c1C. The minimum Gasteiger partial charge on any atom is -0.0807 e. The number of benzene rings is 1. The van der Waals surface area contributed by atoms with E-state index in [4.69, 9.17) is 0 Å². The van der Waals surface area contributed by atoms with E-state index >= 15 is 0 Å². The standard InChI is InChI=1S/C15H20/c1-11-9-10-12(2)15(13(11)3)14-7-5-4-6-8-14/h7,9-10H,4-6,8H2,1-3H3. The van der Waals surface area contributed by atoms with Gasteiger partial charge in [-0.15, -0.1) is 0 Å². The number of rotatable bonds is 1. The molecule has 0 aliphatic heterocycles. The van der Waals surface area contributed by atoms with Crippen molar-refractivity contribution in [1.82, 2.24) is 0 Å². The minimum absolute atomic E-state index is 1.27. The lowest BCUT2D eigenvalue weighted by atomic mass is 9.87. The molecule has 15 heavy (non-hydrogen) atoms. The molecule has 0 heterocycles. The zero-order valence-electron chi connectivity index (χ0n) is 10.1. The van der Waals surface area contributed by atoms with Crippen LogP contribution in [0.3, 0.4) is 0 Å². The van der Waals surface area contributed by atoms with Crippen molar-refractivity contribution >= 4 is 5.57 Å². The molecule has 1 aliphatic carbocycles. The lowest BCUT2D eigenvalue weighted by molar-refractivity contribution is 0.741. The van der Waals surface area contributed by atoms with Crippen LogP contribution in [0.25, 0.3) is 5.57 Å². The summed E-state index contributed by atoms with van der Waals surface area (Å²) in [6.07, 6.45) is 7.71. The Labute approximate surface area is 93.0 Å². The highest BCUT2D eigenvalue weighted by Crippen LogP contribution is 2.32. The topological polar surface area (TPSA) is 0 Å². The molecule has 0 radical (unpaired) electrons. The zero-order valence-corrected chi connectivity index (χ0v) is 10.1. The molecular formula is C15H20. The summed E-state index contributed by atoms with van der Waals surface area (Å²) in [5.74, 6) is 0. The maximum Gasteiger partial charge on any atom is -0.0166 e. The van der Waals surface area contributed by atoms with Crippen LogP contribution in [0.15, 0.2) is 18.2 Å². The second kappa shape index (κ2) is 4.22. The quantitative estimate of drug-likeness (QED) is 0.623. The summed E-state index contributed by atoms with van der Waals surface area (Å²) < 4.78 is 0. The highest BCUT2D eigenvalue weighted by molar-refractivity contribution is 5.72. The molecule has 2 rings (SSSR count). The first-order valence-corrected chi connectivity index (χ1v) is 5.96. The molecule has 0 N–H and O–H groups in total. The summed E-state index contributed by atoms with van der Waals surface area (Å²) in [5.41, 5.74) is 7.44. The minimum atomic E-state index is 1.27. The summed E-state index contributed by atoms with van der Waals surface area (Å²) in [4.78, 5) is 0. The molecule has 0 nitrogen and oxygen atoms in total. The summed E-state index contributed by atoms with van der Waals surface area (Å²) in [7, 11) is 0. The molecule has 0 saturated carbocycles. The molecule has 0 spiro atoms. The van der Waals surface area contributed by atoms with Gasteiger partial charge in [0.2, 0.25) is 0 Å². The van der Waals surface area contributed by atoms with Crippen molar-refractivity contribution < 1.29 is 0 Å². The molecule has 0 unspecified atom stereocenters. The Morgan fingerprint density at radius 3 is 2.33 bits per heavy atom. The molecule has 0 fully saturated rings. The van der Waals surface area contributed by atoms with Gasteiger partial charge in [-0.05, 0) is 74.3 Å². The Bertz CT molecular complexity index is 397. The highest BCUT2D eigenvalue weighted by Gasteiger charge is 2.12. The van der Waals surface area contributed by atoms with Crippen LogP contribution in [0.4, 0.5) is 0 Å². The van der Waals surface area contributed by atoms with E-state index < -0.39 is 0 Å². The highest BCUT2D eigenvalue weighted by atomic mass is 14.2. The zero-order chi connectivity index (χ0) is 10.8. The van der Waals surface area contributed by atoms with Crippen LogP contribution in [0.5, 0.6) is 0 Å². The molecule has 0 heteroatoms. The Morgan fingerprint density at radius 2 is 1.67 bits per heavy atom. The van der Waals surface area contributed by atoms with Gasteiger partial charge in [0, 0.05) is 0 Å². The maximum absolute atomic E-state index is 2.44. The molecule has 0 amide bonds. The molecule has 1 aromatic rings. The Kier molecular flexibility index (Phi) is 2.95. The van der Waals surface area contributed by atoms with Crippen LogP contribution < -0.4 is 0 Å². The molecular weight excluding hydrogens is 180 g/mol. The van der Waals surface area contributed by atoms with Gasteiger partial charge >= 0.3 is 0 Å². The summed E-state index contributed by atoms with van der Waals surface area (Å²) in [6, 6.07) is 4.49. The van der Waals surface area contributed by atoms with Crippen molar-refractivity contribution in [1.29, 1.82) is 0 Å². The molecule has 80 valence electrons. The number of allylic oxidation sites excluding steroid dienone is 2. The van der Waals surface area contributed by atoms with Gasteiger partial charge in [0.1, 0.15) is 0 Å². The normalized spacial score (nSPS) is 16.3. The van der Waals surface area contributed by atoms with Gasteiger partial charge < -0.3 is 0 Å². The van der Waals surface area contributed by atoms with Crippen molar-refractivity contribution in [3.05, 3.63) is 40.5 Å². The average molecular weight is 200 g/mol. The average Bonchev–Trinajstić information content (AvgIpc) is 2.26. The van der Waals surface area contributed by atoms with Crippen molar-refractivity contribution in [3.63, 3.8) is 0 Å². The lowest BCUT2D eigenvalue weighted by Gasteiger charge is -2.18. The first-order chi connectivity index (χ1) is 7.20. The second-order valence-electron chi connectivity index (χ2n) is 4.67.